The summed E-state index contributed by atoms with van der Waals surface area (Å²) < 4.78 is 0. The quantitative estimate of drug-likeness (QED) is 0.734. The van der Waals surface area contributed by atoms with Crippen molar-refractivity contribution >= 4 is 23.5 Å². The molecule has 26 heavy (non-hydrogen) atoms. The fourth-order valence-electron chi connectivity index (χ4n) is 2.81. The Labute approximate surface area is 151 Å². The molecule has 0 bridgehead atoms. The van der Waals surface area contributed by atoms with Crippen LogP contribution >= 0.6 is 0 Å². The van der Waals surface area contributed by atoms with Gasteiger partial charge in [-0.15, -0.1) is 0 Å². The molecule has 1 aliphatic rings. The molecule has 0 spiro atoms. The van der Waals surface area contributed by atoms with E-state index in [1.807, 2.05) is 36.4 Å². The number of hydrogen-bond acceptors (Lipinski definition) is 3. The summed E-state index contributed by atoms with van der Waals surface area (Å²) in [7, 11) is 0. The van der Waals surface area contributed by atoms with Crippen molar-refractivity contribution < 1.29 is 14.4 Å². The van der Waals surface area contributed by atoms with Crippen molar-refractivity contribution in [3.05, 3.63) is 66.2 Å². The topological polar surface area (TPSA) is 90.5 Å². The number of carbonyl (C=O) groups is 3. The molecule has 1 saturated heterocycles. The molecule has 1 fully saturated rings. The van der Waals surface area contributed by atoms with Gasteiger partial charge in [-0.25, -0.2) is 10.2 Å². The Hall–Kier alpha value is -3.35. The van der Waals surface area contributed by atoms with Crippen LogP contribution in [0.2, 0.25) is 0 Å². The Bertz CT molecular complexity index is 780. The van der Waals surface area contributed by atoms with Crippen LogP contribution in [0.15, 0.2) is 60.7 Å². The Morgan fingerprint density at radius 1 is 0.962 bits per heavy atom. The molecule has 4 amide bonds. The van der Waals surface area contributed by atoms with Gasteiger partial charge in [0, 0.05) is 25.2 Å². The lowest BCUT2D eigenvalue weighted by atomic mass is 10.1. The van der Waals surface area contributed by atoms with Gasteiger partial charge in [-0.05, 0) is 17.7 Å². The van der Waals surface area contributed by atoms with Gasteiger partial charge in [0.05, 0.1) is 5.92 Å². The Kier molecular flexibility index (Phi) is 5.48. The van der Waals surface area contributed by atoms with Crippen molar-refractivity contribution in [2.75, 3.05) is 11.9 Å². The highest BCUT2D eigenvalue weighted by molar-refractivity contribution is 5.93. The second-order valence-electron chi connectivity index (χ2n) is 6.10. The van der Waals surface area contributed by atoms with Crippen molar-refractivity contribution in [1.29, 1.82) is 0 Å². The van der Waals surface area contributed by atoms with Crippen LogP contribution < -0.4 is 16.2 Å². The first-order valence-corrected chi connectivity index (χ1v) is 8.35. The SMILES string of the molecule is O=C(NNC(=O)C1CC(=O)N(Cc2ccccc2)C1)Nc1ccccc1. The number of para-hydroxylation sites is 1. The van der Waals surface area contributed by atoms with Crippen molar-refractivity contribution in [3.8, 4) is 0 Å². The zero-order valence-electron chi connectivity index (χ0n) is 14.1. The van der Waals surface area contributed by atoms with Crippen LogP contribution in [0.1, 0.15) is 12.0 Å². The molecule has 7 heteroatoms. The minimum absolute atomic E-state index is 0.0669. The number of nitrogens with zero attached hydrogens (tertiary/aromatic N) is 1. The monoisotopic (exact) mass is 352 g/mol. The minimum atomic E-state index is -0.546. The number of likely N-dealkylation sites (tertiary alicyclic amines) is 1. The normalized spacial score (nSPS) is 16.2. The van der Waals surface area contributed by atoms with Crippen LogP contribution in [-0.4, -0.2) is 29.3 Å². The highest BCUT2D eigenvalue weighted by Gasteiger charge is 2.34. The largest absolute Gasteiger partial charge is 0.338 e. The molecule has 0 aliphatic carbocycles. The Morgan fingerprint density at radius 3 is 2.31 bits per heavy atom. The number of hydrazine groups is 1. The molecular formula is C19H20N4O3. The summed E-state index contributed by atoms with van der Waals surface area (Å²) in [5.41, 5.74) is 6.31. The third kappa shape index (κ3) is 4.60. The summed E-state index contributed by atoms with van der Waals surface area (Å²) in [6.45, 7) is 0.812. The Balaban J connectivity index is 1.46. The smallest absolute Gasteiger partial charge is 0.337 e. The lowest BCUT2D eigenvalue weighted by molar-refractivity contribution is -0.129. The maximum absolute atomic E-state index is 12.2. The predicted octanol–water partition coefficient (Wildman–Crippen LogP) is 1.89. The molecule has 134 valence electrons. The standard InChI is InChI=1S/C19H20N4O3/c24-17-11-15(13-23(17)12-14-7-3-1-4-8-14)18(25)21-22-19(26)20-16-9-5-2-6-10-16/h1-10,15H,11-13H2,(H,21,25)(H2,20,22,26). The molecule has 0 saturated carbocycles. The first kappa shape index (κ1) is 17.5. The molecule has 1 heterocycles. The fraction of sp³-hybridized carbons (Fsp3) is 0.211. The van der Waals surface area contributed by atoms with Gasteiger partial charge in [0.25, 0.3) is 0 Å². The van der Waals surface area contributed by atoms with Gasteiger partial charge in [-0.1, -0.05) is 48.5 Å². The zero-order chi connectivity index (χ0) is 18.4. The lowest BCUT2D eigenvalue weighted by Gasteiger charge is -2.16. The van der Waals surface area contributed by atoms with Crippen LogP contribution in [-0.2, 0) is 16.1 Å². The number of benzene rings is 2. The van der Waals surface area contributed by atoms with E-state index in [1.165, 1.54) is 0 Å². The number of rotatable bonds is 4. The predicted molar refractivity (Wildman–Crippen MR) is 96.7 cm³/mol. The van der Waals surface area contributed by atoms with Crippen LogP contribution in [0.3, 0.4) is 0 Å². The molecule has 7 nitrogen and oxygen atoms in total. The van der Waals surface area contributed by atoms with Gasteiger partial charge in [-0.2, -0.15) is 0 Å². The minimum Gasteiger partial charge on any atom is -0.338 e. The van der Waals surface area contributed by atoms with E-state index in [4.69, 9.17) is 0 Å². The van der Waals surface area contributed by atoms with E-state index in [0.29, 0.717) is 18.8 Å². The van der Waals surface area contributed by atoms with E-state index in [9.17, 15) is 14.4 Å². The summed E-state index contributed by atoms with van der Waals surface area (Å²) in [6.07, 6.45) is 0.140. The average Bonchev–Trinajstić information content (AvgIpc) is 3.02. The summed E-state index contributed by atoms with van der Waals surface area (Å²) in [5, 5.41) is 2.60. The number of nitrogens with one attached hydrogen (secondary N) is 3. The first-order chi connectivity index (χ1) is 12.6. The third-order valence-corrected chi connectivity index (χ3v) is 4.13. The molecule has 1 unspecified atom stereocenters. The first-order valence-electron chi connectivity index (χ1n) is 8.35. The molecule has 0 radical (unpaired) electrons. The molecule has 3 N–H and O–H groups in total. The van der Waals surface area contributed by atoms with Gasteiger partial charge >= 0.3 is 6.03 Å². The highest BCUT2D eigenvalue weighted by atomic mass is 16.2. The van der Waals surface area contributed by atoms with Crippen LogP contribution in [0.5, 0.6) is 0 Å². The van der Waals surface area contributed by atoms with Crippen LogP contribution in [0.4, 0.5) is 10.5 Å². The summed E-state index contributed by atoms with van der Waals surface area (Å²) in [4.78, 5) is 37.8. The van der Waals surface area contributed by atoms with Crippen molar-refractivity contribution in [1.82, 2.24) is 15.8 Å². The van der Waals surface area contributed by atoms with Gasteiger partial charge < -0.3 is 10.2 Å². The summed E-state index contributed by atoms with van der Waals surface area (Å²) in [5.74, 6) is -0.928. The third-order valence-electron chi connectivity index (χ3n) is 4.13. The average molecular weight is 352 g/mol. The number of carbonyl (C=O) groups excluding carboxylic acids is 3. The van der Waals surface area contributed by atoms with Crippen molar-refractivity contribution in [3.63, 3.8) is 0 Å². The summed E-state index contributed by atoms with van der Waals surface area (Å²) >= 11 is 0. The summed E-state index contributed by atoms with van der Waals surface area (Å²) in [6, 6.07) is 18.0. The van der Waals surface area contributed by atoms with E-state index in [-0.39, 0.29) is 18.2 Å². The number of hydrogen-bond donors (Lipinski definition) is 3. The molecular weight excluding hydrogens is 332 g/mol. The van der Waals surface area contributed by atoms with Gasteiger partial charge in [0.2, 0.25) is 11.8 Å². The lowest BCUT2D eigenvalue weighted by Crippen LogP contribution is -2.46. The van der Waals surface area contributed by atoms with E-state index in [1.54, 1.807) is 29.2 Å². The van der Waals surface area contributed by atoms with Crippen LogP contribution in [0, 0.1) is 5.92 Å². The number of urea groups is 1. The maximum atomic E-state index is 12.2. The molecule has 0 aromatic heterocycles. The van der Waals surface area contributed by atoms with Crippen LogP contribution in [0.25, 0.3) is 0 Å². The number of amides is 4. The fourth-order valence-corrected chi connectivity index (χ4v) is 2.81. The molecule has 1 atom stereocenters. The number of anilines is 1. The molecule has 1 aliphatic heterocycles. The Morgan fingerprint density at radius 2 is 1.62 bits per heavy atom. The van der Waals surface area contributed by atoms with E-state index in [2.05, 4.69) is 16.2 Å². The molecule has 3 rings (SSSR count). The van der Waals surface area contributed by atoms with Gasteiger partial charge in [0.1, 0.15) is 0 Å². The second kappa shape index (κ2) is 8.15. The second-order valence-corrected chi connectivity index (χ2v) is 6.10. The zero-order valence-corrected chi connectivity index (χ0v) is 14.1. The molecule has 2 aromatic carbocycles. The van der Waals surface area contributed by atoms with Gasteiger partial charge in [0.15, 0.2) is 0 Å². The van der Waals surface area contributed by atoms with Crippen molar-refractivity contribution in [2.45, 2.75) is 13.0 Å². The van der Waals surface area contributed by atoms with Crippen molar-refractivity contribution in [2.24, 2.45) is 5.92 Å². The highest BCUT2D eigenvalue weighted by Crippen LogP contribution is 2.20. The molecule has 2 aromatic rings. The van der Waals surface area contributed by atoms with E-state index in [0.717, 1.165) is 5.56 Å². The van der Waals surface area contributed by atoms with Gasteiger partial charge in [-0.3, -0.25) is 15.0 Å². The van der Waals surface area contributed by atoms with E-state index < -0.39 is 11.9 Å². The maximum Gasteiger partial charge on any atom is 0.337 e. The van der Waals surface area contributed by atoms with E-state index >= 15 is 0 Å².